The summed E-state index contributed by atoms with van der Waals surface area (Å²) in [6.07, 6.45) is 3.42. The number of aliphatic hydroxyl groups is 1. The molecule has 2 unspecified atom stereocenters. The van der Waals surface area contributed by atoms with Crippen molar-refractivity contribution in [1.82, 2.24) is 19.8 Å². The maximum Gasteiger partial charge on any atom is 0.188 e. The van der Waals surface area contributed by atoms with Crippen LogP contribution in [-0.4, -0.2) is 37.5 Å². The number of aromatic nitrogens is 4. The van der Waals surface area contributed by atoms with Gasteiger partial charge in [0, 0.05) is 19.0 Å². The van der Waals surface area contributed by atoms with Crippen molar-refractivity contribution in [1.29, 1.82) is 0 Å². The van der Waals surface area contributed by atoms with Crippen molar-refractivity contribution in [3.8, 4) is 11.4 Å². The summed E-state index contributed by atoms with van der Waals surface area (Å²) < 4.78 is 21.2. The number of nitrogens with zero attached hydrogens (tertiary/aromatic N) is 5. The summed E-state index contributed by atoms with van der Waals surface area (Å²) in [7, 11) is 0. The molecule has 1 aliphatic heterocycles. The molecule has 0 radical (unpaired) electrons. The lowest BCUT2D eigenvalue weighted by atomic mass is 10.1. The summed E-state index contributed by atoms with van der Waals surface area (Å²) in [6.45, 7) is 0.838. The molecule has 0 amide bonds. The molecule has 1 fully saturated rings. The van der Waals surface area contributed by atoms with Crippen LogP contribution in [0.3, 0.4) is 0 Å². The lowest BCUT2D eigenvalue weighted by Gasteiger charge is -2.27. The van der Waals surface area contributed by atoms with Crippen molar-refractivity contribution in [3.05, 3.63) is 66.4 Å². The van der Waals surface area contributed by atoms with E-state index in [1.807, 2.05) is 12.1 Å². The van der Waals surface area contributed by atoms with Gasteiger partial charge in [-0.2, -0.15) is 4.52 Å². The lowest BCUT2D eigenvalue weighted by Crippen LogP contribution is -2.31. The number of halogens is 1. The first kappa shape index (κ1) is 17.8. The maximum atomic E-state index is 14.3. The Morgan fingerprint density at radius 2 is 2.03 bits per heavy atom. The minimum absolute atomic E-state index is 0.133. The quantitative estimate of drug-likeness (QED) is 0.558. The summed E-state index contributed by atoms with van der Waals surface area (Å²) in [5.74, 6) is 1.32. The predicted molar refractivity (Wildman–Crippen MR) is 105 cm³/mol. The van der Waals surface area contributed by atoms with Crippen LogP contribution in [0.25, 0.3) is 17.0 Å². The number of fused-ring (bicyclic) bond motifs is 1. The van der Waals surface area contributed by atoms with Gasteiger partial charge >= 0.3 is 0 Å². The average molecular weight is 393 g/mol. The van der Waals surface area contributed by atoms with E-state index in [0.717, 1.165) is 25.2 Å². The van der Waals surface area contributed by atoms with Crippen LogP contribution in [0, 0.1) is 5.82 Å². The van der Waals surface area contributed by atoms with Gasteiger partial charge in [-0.25, -0.2) is 4.39 Å². The zero-order valence-corrected chi connectivity index (χ0v) is 15.6. The van der Waals surface area contributed by atoms with E-state index >= 15 is 0 Å². The highest BCUT2D eigenvalue weighted by Gasteiger charge is 2.29. The van der Waals surface area contributed by atoms with Gasteiger partial charge in [-0.3, -0.25) is 0 Å². The lowest BCUT2D eigenvalue weighted by molar-refractivity contribution is 0.132. The van der Waals surface area contributed by atoms with Gasteiger partial charge in [0.1, 0.15) is 23.5 Å². The molecule has 0 spiro atoms. The molecule has 1 N–H and O–H groups in total. The summed E-state index contributed by atoms with van der Waals surface area (Å²) >= 11 is 0. The Hall–Kier alpha value is -3.26. The molecule has 0 bridgehead atoms. The van der Waals surface area contributed by atoms with E-state index in [9.17, 15) is 9.50 Å². The average Bonchev–Trinajstić information content (AvgIpc) is 3.48. The second kappa shape index (κ2) is 7.29. The van der Waals surface area contributed by atoms with Gasteiger partial charge in [0.2, 0.25) is 0 Å². The number of anilines is 1. The molecule has 148 valence electrons. The first-order valence-corrected chi connectivity index (χ1v) is 9.66. The van der Waals surface area contributed by atoms with Crippen LogP contribution in [0.4, 0.5) is 10.2 Å². The van der Waals surface area contributed by atoms with Crippen LogP contribution in [0.15, 0.2) is 59.2 Å². The van der Waals surface area contributed by atoms with Gasteiger partial charge < -0.3 is 14.4 Å². The SMILES string of the molecule is OC(CC1CCCN1c1ccc2nnc(-c3ccccc3F)n2n1)c1ccco1. The maximum absolute atomic E-state index is 14.3. The molecule has 2 atom stereocenters. The van der Waals surface area contributed by atoms with Crippen LogP contribution in [0.2, 0.25) is 0 Å². The van der Waals surface area contributed by atoms with Gasteiger partial charge in [0.15, 0.2) is 11.5 Å². The van der Waals surface area contributed by atoms with Crippen molar-refractivity contribution >= 4 is 11.5 Å². The van der Waals surface area contributed by atoms with Gasteiger partial charge in [-0.05, 0) is 49.2 Å². The Labute approximate surface area is 166 Å². The summed E-state index contributed by atoms with van der Waals surface area (Å²) in [4.78, 5) is 2.18. The van der Waals surface area contributed by atoms with Crippen molar-refractivity contribution in [2.45, 2.75) is 31.4 Å². The van der Waals surface area contributed by atoms with Crippen molar-refractivity contribution in [2.75, 3.05) is 11.4 Å². The Kier molecular flexibility index (Phi) is 4.48. The minimum atomic E-state index is -0.664. The normalized spacial score (nSPS) is 17.9. The van der Waals surface area contributed by atoms with Crippen molar-refractivity contribution in [2.24, 2.45) is 0 Å². The van der Waals surface area contributed by atoms with E-state index in [1.165, 1.54) is 6.07 Å². The summed E-state index contributed by atoms with van der Waals surface area (Å²) in [6, 6.07) is 13.9. The Bertz CT molecular complexity index is 1130. The highest BCUT2D eigenvalue weighted by atomic mass is 19.1. The van der Waals surface area contributed by atoms with Gasteiger partial charge in [-0.15, -0.1) is 15.3 Å². The minimum Gasteiger partial charge on any atom is -0.467 e. The topological polar surface area (TPSA) is 79.7 Å². The third-order valence-electron chi connectivity index (χ3n) is 5.40. The van der Waals surface area contributed by atoms with Crippen LogP contribution >= 0.6 is 0 Å². The third-order valence-corrected chi connectivity index (χ3v) is 5.40. The van der Waals surface area contributed by atoms with Crippen molar-refractivity contribution < 1.29 is 13.9 Å². The van der Waals surface area contributed by atoms with Gasteiger partial charge in [-0.1, -0.05) is 12.1 Å². The third kappa shape index (κ3) is 3.25. The zero-order chi connectivity index (χ0) is 19.8. The predicted octanol–water partition coefficient (Wildman–Crippen LogP) is 3.62. The fourth-order valence-electron chi connectivity index (χ4n) is 3.98. The fraction of sp³-hybridized carbons (Fsp3) is 0.286. The molecule has 1 saturated heterocycles. The Balaban J connectivity index is 1.47. The molecule has 8 heteroatoms. The number of aliphatic hydroxyl groups excluding tert-OH is 1. The zero-order valence-electron chi connectivity index (χ0n) is 15.6. The molecule has 0 aliphatic carbocycles. The fourth-order valence-corrected chi connectivity index (χ4v) is 3.98. The summed E-state index contributed by atoms with van der Waals surface area (Å²) in [5.41, 5.74) is 0.911. The van der Waals surface area contributed by atoms with Gasteiger partial charge in [0.05, 0.1) is 11.8 Å². The molecule has 5 rings (SSSR count). The molecule has 7 nitrogen and oxygen atoms in total. The first-order valence-electron chi connectivity index (χ1n) is 9.66. The molecule has 4 aromatic rings. The van der Waals surface area contributed by atoms with Crippen LogP contribution in [0.5, 0.6) is 0 Å². The molecular weight excluding hydrogens is 373 g/mol. The monoisotopic (exact) mass is 393 g/mol. The number of hydrogen-bond donors (Lipinski definition) is 1. The summed E-state index contributed by atoms with van der Waals surface area (Å²) in [5, 5.41) is 23.4. The van der Waals surface area contributed by atoms with Gasteiger partial charge in [0.25, 0.3) is 0 Å². The second-order valence-electron chi connectivity index (χ2n) is 7.22. The standard InChI is InChI=1S/C21H20FN5O2/c22-16-7-2-1-6-15(16)21-24-23-19-9-10-20(25-27(19)21)26-11-3-5-14(26)13-17(28)18-8-4-12-29-18/h1-2,4,6-10,12,14,17,28H,3,5,11,13H2. The smallest absolute Gasteiger partial charge is 0.188 e. The molecule has 1 aliphatic rings. The first-order chi connectivity index (χ1) is 14.2. The van der Waals surface area contributed by atoms with E-state index in [-0.39, 0.29) is 11.9 Å². The molecular formula is C21H20FN5O2. The van der Waals surface area contributed by atoms with E-state index in [1.54, 1.807) is 41.1 Å². The molecule has 0 saturated carbocycles. The number of hydrogen-bond acceptors (Lipinski definition) is 6. The largest absolute Gasteiger partial charge is 0.467 e. The van der Waals surface area contributed by atoms with E-state index in [2.05, 4.69) is 15.1 Å². The Morgan fingerprint density at radius 1 is 1.14 bits per heavy atom. The number of rotatable bonds is 5. The molecule has 29 heavy (non-hydrogen) atoms. The van der Waals surface area contributed by atoms with Crippen LogP contribution < -0.4 is 4.90 Å². The molecule has 3 aromatic heterocycles. The van der Waals surface area contributed by atoms with E-state index in [4.69, 9.17) is 9.52 Å². The molecule has 4 heterocycles. The second-order valence-corrected chi connectivity index (χ2v) is 7.22. The number of furan rings is 1. The van der Waals surface area contributed by atoms with E-state index < -0.39 is 6.10 Å². The van der Waals surface area contributed by atoms with Crippen LogP contribution in [0.1, 0.15) is 31.1 Å². The Morgan fingerprint density at radius 3 is 2.86 bits per heavy atom. The number of benzene rings is 1. The molecule has 1 aromatic carbocycles. The van der Waals surface area contributed by atoms with E-state index in [0.29, 0.717) is 29.2 Å². The van der Waals surface area contributed by atoms with Crippen LogP contribution in [-0.2, 0) is 0 Å². The van der Waals surface area contributed by atoms with Crippen molar-refractivity contribution in [3.63, 3.8) is 0 Å². The highest BCUT2D eigenvalue weighted by Crippen LogP contribution is 2.31. The highest BCUT2D eigenvalue weighted by molar-refractivity contribution is 5.60.